The Morgan fingerprint density at radius 1 is 1.03 bits per heavy atom. The van der Waals surface area contributed by atoms with Gasteiger partial charge < -0.3 is 10.1 Å². The second-order valence-corrected chi connectivity index (χ2v) is 6.51. The molecule has 0 spiro atoms. The Bertz CT molecular complexity index is 1100. The Kier molecular flexibility index (Phi) is 6.20. The first-order valence-electron chi connectivity index (χ1n) is 8.97. The van der Waals surface area contributed by atoms with Crippen LogP contribution in [0.5, 0.6) is 0 Å². The van der Waals surface area contributed by atoms with Crippen molar-refractivity contribution in [3.05, 3.63) is 76.9 Å². The van der Waals surface area contributed by atoms with Gasteiger partial charge in [0.05, 0.1) is 23.5 Å². The Balaban J connectivity index is 1.61. The van der Waals surface area contributed by atoms with E-state index in [1.165, 1.54) is 0 Å². The lowest BCUT2D eigenvalue weighted by Gasteiger charge is -2.08. The summed E-state index contributed by atoms with van der Waals surface area (Å²) in [5.74, 6) is -6.18. The summed E-state index contributed by atoms with van der Waals surface area (Å²) in [5, 5.41) is 6.46. The number of nitrogens with zero attached hydrogens (tertiary/aromatic N) is 2. The number of carbonyl (C=O) groups excluding carboxylic acids is 2. The predicted octanol–water partition coefficient (Wildman–Crippen LogP) is 3.63. The number of hydrogen-bond donors (Lipinski definition) is 1. The third-order valence-corrected chi connectivity index (χ3v) is 4.44. The second kappa shape index (κ2) is 8.81. The van der Waals surface area contributed by atoms with E-state index in [1.807, 2.05) is 42.6 Å². The summed E-state index contributed by atoms with van der Waals surface area (Å²) in [5.41, 5.74) is 2.35. The minimum atomic E-state index is -1.70. The molecule has 0 atom stereocenters. The minimum absolute atomic E-state index is 0.114. The van der Waals surface area contributed by atoms with Crippen molar-refractivity contribution in [2.75, 3.05) is 11.9 Å². The zero-order chi connectivity index (χ0) is 21.8. The lowest BCUT2D eigenvalue weighted by Crippen LogP contribution is -2.22. The van der Waals surface area contributed by atoms with Gasteiger partial charge in [-0.2, -0.15) is 5.10 Å². The summed E-state index contributed by atoms with van der Waals surface area (Å²) in [6.07, 6.45) is -0.114. The fourth-order valence-corrected chi connectivity index (χ4v) is 2.90. The number of amides is 1. The molecule has 0 saturated carbocycles. The summed E-state index contributed by atoms with van der Waals surface area (Å²) in [7, 11) is 0. The van der Waals surface area contributed by atoms with Gasteiger partial charge in [0, 0.05) is 11.3 Å². The van der Waals surface area contributed by atoms with E-state index in [2.05, 4.69) is 5.10 Å². The molecular formula is C21H18F3N3O3. The molecule has 1 heterocycles. The van der Waals surface area contributed by atoms with E-state index in [0.29, 0.717) is 17.3 Å². The van der Waals surface area contributed by atoms with Crippen molar-refractivity contribution in [1.82, 2.24) is 9.78 Å². The number of aryl methyl sites for hydroxylation is 1. The average molecular weight is 417 g/mol. The normalized spacial score (nSPS) is 10.7. The summed E-state index contributed by atoms with van der Waals surface area (Å²) < 4.78 is 46.4. The third kappa shape index (κ3) is 4.51. The second-order valence-electron chi connectivity index (χ2n) is 6.51. The number of aromatic nitrogens is 2. The maximum absolute atomic E-state index is 13.6. The van der Waals surface area contributed by atoms with Gasteiger partial charge in [0.15, 0.2) is 24.1 Å². The number of ether oxygens (including phenoxy) is 1. The molecule has 0 fully saturated rings. The van der Waals surface area contributed by atoms with Gasteiger partial charge in [0.25, 0.3) is 5.91 Å². The lowest BCUT2D eigenvalue weighted by atomic mass is 10.1. The van der Waals surface area contributed by atoms with Crippen molar-refractivity contribution in [2.45, 2.75) is 20.3 Å². The van der Waals surface area contributed by atoms with Crippen LogP contribution in [0, 0.1) is 31.3 Å². The summed E-state index contributed by atoms with van der Waals surface area (Å²) in [6.45, 7) is 2.87. The molecule has 6 nitrogen and oxygen atoms in total. The highest BCUT2D eigenvalue weighted by atomic mass is 19.2. The zero-order valence-electron chi connectivity index (χ0n) is 16.2. The molecule has 0 aliphatic rings. The molecule has 9 heteroatoms. The number of esters is 1. The van der Waals surface area contributed by atoms with Gasteiger partial charge in [-0.05, 0) is 38.1 Å². The number of anilines is 1. The first-order chi connectivity index (χ1) is 14.3. The minimum Gasteiger partial charge on any atom is -0.455 e. The van der Waals surface area contributed by atoms with Crippen LogP contribution in [0.25, 0.3) is 5.69 Å². The summed E-state index contributed by atoms with van der Waals surface area (Å²) >= 11 is 0. The highest BCUT2D eigenvalue weighted by Crippen LogP contribution is 2.20. The van der Waals surface area contributed by atoms with Gasteiger partial charge in [0.1, 0.15) is 0 Å². The molecule has 1 amide bonds. The fourth-order valence-electron chi connectivity index (χ4n) is 2.90. The Labute approximate surface area is 170 Å². The van der Waals surface area contributed by atoms with E-state index >= 15 is 0 Å². The third-order valence-electron chi connectivity index (χ3n) is 4.44. The molecule has 0 unspecified atom stereocenters. The van der Waals surface area contributed by atoms with Crippen LogP contribution in [-0.2, 0) is 20.7 Å². The summed E-state index contributed by atoms with van der Waals surface area (Å²) in [6, 6.07) is 10.9. The van der Waals surface area contributed by atoms with Gasteiger partial charge in [-0.15, -0.1) is 0 Å². The maximum atomic E-state index is 13.6. The molecule has 0 radical (unpaired) electrons. The van der Waals surface area contributed by atoms with E-state index < -0.39 is 41.6 Å². The van der Waals surface area contributed by atoms with Crippen LogP contribution >= 0.6 is 0 Å². The van der Waals surface area contributed by atoms with E-state index in [0.717, 1.165) is 17.4 Å². The van der Waals surface area contributed by atoms with Crippen LogP contribution in [0.3, 0.4) is 0 Å². The molecule has 1 aromatic heterocycles. The smallest absolute Gasteiger partial charge is 0.310 e. The van der Waals surface area contributed by atoms with Crippen LogP contribution in [0.2, 0.25) is 0 Å². The molecule has 0 aliphatic carbocycles. The van der Waals surface area contributed by atoms with Crippen molar-refractivity contribution in [3.63, 3.8) is 0 Å². The quantitative estimate of drug-likeness (QED) is 0.491. The standard InChI is InChI=1S/C21H18F3N3O3/c1-12-15(13(2)27(26-12)14-6-4-3-5-7-14)10-19(29)30-11-18(28)25-17-9-8-16(22)20(23)21(17)24/h3-9H,10-11H2,1-2H3,(H,25,28). The van der Waals surface area contributed by atoms with Gasteiger partial charge in [-0.1, -0.05) is 18.2 Å². The van der Waals surface area contributed by atoms with Crippen LogP contribution in [-0.4, -0.2) is 28.3 Å². The van der Waals surface area contributed by atoms with Gasteiger partial charge in [-0.25, -0.2) is 17.9 Å². The highest BCUT2D eigenvalue weighted by molar-refractivity contribution is 5.93. The largest absolute Gasteiger partial charge is 0.455 e. The van der Waals surface area contributed by atoms with Crippen molar-refractivity contribution < 1.29 is 27.5 Å². The molecule has 3 rings (SSSR count). The maximum Gasteiger partial charge on any atom is 0.310 e. The number of carbonyl (C=O) groups is 2. The molecule has 2 aromatic carbocycles. The number of rotatable bonds is 6. The van der Waals surface area contributed by atoms with Crippen molar-refractivity contribution in [2.24, 2.45) is 0 Å². The Morgan fingerprint density at radius 3 is 2.43 bits per heavy atom. The van der Waals surface area contributed by atoms with Gasteiger partial charge in [-0.3, -0.25) is 9.59 Å². The van der Waals surface area contributed by atoms with Crippen LogP contribution in [0.1, 0.15) is 17.0 Å². The number of para-hydroxylation sites is 1. The molecule has 156 valence electrons. The first-order valence-corrected chi connectivity index (χ1v) is 8.97. The molecule has 3 aromatic rings. The summed E-state index contributed by atoms with van der Waals surface area (Å²) in [4.78, 5) is 24.0. The number of nitrogens with one attached hydrogen (secondary N) is 1. The average Bonchev–Trinajstić information content (AvgIpc) is 3.01. The van der Waals surface area contributed by atoms with Gasteiger partial charge in [0.2, 0.25) is 0 Å². The van der Waals surface area contributed by atoms with Crippen molar-refractivity contribution >= 4 is 17.6 Å². The number of benzene rings is 2. The molecule has 0 saturated heterocycles. The van der Waals surface area contributed by atoms with E-state index in [9.17, 15) is 22.8 Å². The molecule has 0 bridgehead atoms. The van der Waals surface area contributed by atoms with Crippen LogP contribution in [0.15, 0.2) is 42.5 Å². The monoisotopic (exact) mass is 417 g/mol. The molecule has 1 N–H and O–H groups in total. The topological polar surface area (TPSA) is 73.2 Å². The SMILES string of the molecule is Cc1nn(-c2ccccc2)c(C)c1CC(=O)OCC(=O)Nc1ccc(F)c(F)c1F. The van der Waals surface area contributed by atoms with E-state index in [1.54, 1.807) is 11.6 Å². The van der Waals surface area contributed by atoms with Gasteiger partial charge >= 0.3 is 5.97 Å². The number of hydrogen-bond acceptors (Lipinski definition) is 4. The number of halogens is 3. The molecule has 0 aliphatic heterocycles. The highest BCUT2D eigenvalue weighted by Gasteiger charge is 2.19. The predicted molar refractivity (Wildman–Crippen MR) is 103 cm³/mol. The van der Waals surface area contributed by atoms with E-state index in [4.69, 9.17) is 4.74 Å². The van der Waals surface area contributed by atoms with Crippen LogP contribution < -0.4 is 5.32 Å². The Morgan fingerprint density at radius 2 is 1.73 bits per heavy atom. The van der Waals surface area contributed by atoms with Crippen molar-refractivity contribution in [3.8, 4) is 5.69 Å². The molecular weight excluding hydrogens is 399 g/mol. The van der Waals surface area contributed by atoms with Crippen LogP contribution in [0.4, 0.5) is 18.9 Å². The first kappa shape index (κ1) is 21.1. The van der Waals surface area contributed by atoms with Crippen molar-refractivity contribution in [1.29, 1.82) is 0 Å². The Hall–Kier alpha value is -3.62. The lowest BCUT2D eigenvalue weighted by molar-refractivity contribution is -0.146. The van der Waals surface area contributed by atoms with E-state index in [-0.39, 0.29) is 6.42 Å². The molecule has 30 heavy (non-hydrogen) atoms. The zero-order valence-corrected chi connectivity index (χ0v) is 16.2. The fraction of sp³-hybridized carbons (Fsp3) is 0.190.